The van der Waals surface area contributed by atoms with Crippen LogP contribution < -0.4 is 15.6 Å². The second-order valence-electron chi connectivity index (χ2n) is 4.66. The zero-order valence-corrected chi connectivity index (χ0v) is 13.6. The molecule has 0 fully saturated rings. The molecule has 0 saturated heterocycles. The molecule has 0 aliphatic rings. The number of nitrogens with one attached hydrogen (secondary N) is 3. The molecule has 8 heteroatoms. The number of aromatic amines is 1. The minimum Gasteiger partial charge on any atom is -0.497 e. The summed E-state index contributed by atoms with van der Waals surface area (Å²) in [6.07, 6.45) is -0.658. The van der Waals surface area contributed by atoms with Crippen LogP contribution in [-0.4, -0.2) is 37.9 Å². The summed E-state index contributed by atoms with van der Waals surface area (Å²) in [5.41, 5.74) is 6.71. The lowest BCUT2D eigenvalue weighted by Gasteiger charge is -2.08. The number of methoxy groups -OCH3 is 2. The van der Waals surface area contributed by atoms with Crippen LogP contribution >= 0.6 is 0 Å². The topological polar surface area (TPSA) is 102 Å². The van der Waals surface area contributed by atoms with Gasteiger partial charge in [-0.05, 0) is 42.8 Å². The molecule has 24 heavy (non-hydrogen) atoms. The predicted molar refractivity (Wildman–Crippen MR) is 87.9 cm³/mol. The number of ether oxygens (including phenoxy) is 3. The Morgan fingerprint density at radius 1 is 1.17 bits per heavy atom. The highest BCUT2D eigenvalue weighted by Gasteiger charge is 2.17. The smallest absolute Gasteiger partial charge is 0.425 e. The summed E-state index contributed by atoms with van der Waals surface area (Å²) < 4.78 is 14.6. The molecule has 8 nitrogen and oxygen atoms in total. The van der Waals surface area contributed by atoms with E-state index in [1.54, 1.807) is 32.2 Å². The van der Waals surface area contributed by atoms with E-state index >= 15 is 0 Å². The highest BCUT2D eigenvalue weighted by molar-refractivity contribution is 5.97. The normalized spacial score (nSPS) is 9.96. The number of H-pyrrole nitrogens is 1. The molecule has 1 aromatic heterocycles. The number of amides is 1. The minimum atomic E-state index is -0.658. The summed E-state index contributed by atoms with van der Waals surface area (Å²) >= 11 is 0. The fourth-order valence-electron chi connectivity index (χ4n) is 2.03. The van der Waals surface area contributed by atoms with Crippen molar-refractivity contribution in [2.45, 2.75) is 6.92 Å². The maximum Gasteiger partial charge on any atom is 0.425 e. The second kappa shape index (κ2) is 7.91. The molecule has 2 rings (SSSR count). The number of hydrogen-bond donors (Lipinski definition) is 3. The molecule has 1 aromatic carbocycles. The third-order valence-corrected chi connectivity index (χ3v) is 3.19. The summed E-state index contributed by atoms with van der Waals surface area (Å²) in [6, 6.07) is 8.92. The third-order valence-electron chi connectivity index (χ3n) is 3.19. The first-order chi connectivity index (χ1) is 11.6. The van der Waals surface area contributed by atoms with Crippen molar-refractivity contribution in [2.24, 2.45) is 0 Å². The molecule has 0 aliphatic heterocycles. The molecule has 1 heterocycles. The van der Waals surface area contributed by atoms with E-state index in [0.717, 1.165) is 11.3 Å². The second-order valence-corrected chi connectivity index (χ2v) is 4.66. The predicted octanol–water partition coefficient (Wildman–Crippen LogP) is 2.55. The number of rotatable bonds is 6. The van der Waals surface area contributed by atoms with Crippen LogP contribution in [0.2, 0.25) is 0 Å². The van der Waals surface area contributed by atoms with Gasteiger partial charge in [-0.1, -0.05) is 0 Å². The molecule has 128 valence electrons. The highest BCUT2D eigenvalue weighted by atomic mass is 16.6. The molecule has 0 saturated carbocycles. The standard InChI is InChI=1S/C16H19N3O5/c1-4-24-16(21)19-18-14-12(15(20)23-3)9-13(17-14)10-5-7-11(22-2)8-6-10/h5-9,17-18H,4H2,1-3H3,(H,19,21). The van der Waals surface area contributed by atoms with Crippen molar-refractivity contribution in [2.75, 3.05) is 26.3 Å². The van der Waals surface area contributed by atoms with Gasteiger partial charge in [-0.25, -0.2) is 15.0 Å². The van der Waals surface area contributed by atoms with Crippen molar-refractivity contribution in [3.63, 3.8) is 0 Å². The molecule has 0 spiro atoms. The number of carbonyl (C=O) groups excluding carboxylic acids is 2. The first-order valence-electron chi connectivity index (χ1n) is 7.23. The van der Waals surface area contributed by atoms with E-state index in [1.807, 2.05) is 12.1 Å². The molecule has 0 unspecified atom stereocenters. The Hall–Kier alpha value is -3.16. The van der Waals surface area contributed by atoms with Gasteiger partial charge >= 0.3 is 12.1 Å². The van der Waals surface area contributed by atoms with Crippen LogP contribution in [0, 0.1) is 0 Å². The molecule has 0 bridgehead atoms. The molecule has 0 radical (unpaired) electrons. The molecule has 1 amide bonds. The Morgan fingerprint density at radius 2 is 1.88 bits per heavy atom. The van der Waals surface area contributed by atoms with Gasteiger partial charge in [0.25, 0.3) is 0 Å². The number of esters is 1. The zero-order chi connectivity index (χ0) is 17.5. The lowest BCUT2D eigenvalue weighted by Crippen LogP contribution is -2.30. The number of hydrogen-bond acceptors (Lipinski definition) is 6. The largest absolute Gasteiger partial charge is 0.497 e. The molecular weight excluding hydrogens is 314 g/mol. The van der Waals surface area contributed by atoms with Crippen molar-refractivity contribution in [3.8, 4) is 17.0 Å². The van der Waals surface area contributed by atoms with E-state index in [2.05, 4.69) is 15.8 Å². The zero-order valence-electron chi connectivity index (χ0n) is 13.6. The van der Waals surface area contributed by atoms with Crippen LogP contribution in [-0.2, 0) is 9.47 Å². The Bertz CT molecular complexity index is 709. The van der Waals surface area contributed by atoms with Gasteiger partial charge in [0.1, 0.15) is 17.1 Å². The van der Waals surface area contributed by atoms with Crippen LogP contribution in [0.15, 0.2) is 30.3 Å². The van der Waals surface area contributed by atoms with E-state index in [1.165, 1.54) is 7.11 Å². The summed E-state index contributed by atoms with van der Waals surface area (Å²) in [5.74, 6) is 0.473. The summed E-state index contributed by atoms with van der Waals surface area (Å²) in [6.45, 7) is 1.93. The average molecular weight is 333 g/mol. The SMILES string of the molecule is CCOC(=O)NNc1[nH]c(-c2ccc(OC)cc2)cc1C(=O)OC. The number of anilines is 1. The monoisotopic (exact) mass is 333 g/mol. The first kappa shape index (κ1) is 17.2. The van der Waals surface area contributed by atoms with Gasteiger partial charge in [-0.2, -0.15) is 0 Å². The first-order valence-corrected chi connectivity index (χ1v) is 7.23. The van der Waals surface area contributed by atoms with E-state index in [9.17, 15) is 9.59 Å². The Kier molecular flexibility index (Phi) is 5.67. The summed E-state index contributed by atoms with van der Waals surface area (Å²) in [5, 5.41) is 0. The lowest BCUT2D eigenvalue weighted by molar-refractivity contribution is 0.0601. The number of hydrazine groups is 1. The van der Waals surface area contributed by atoms with E-state index in [-0.39, 0.29) is 12.2 Å². The third kappa shape index (κ3) is 3.97. The van der Waals surface area contributed by atoms with Gasteiger partial charge in [0.15, 0.2) is 0 Å². The van der Waals surface area contributed by atoms with Gasteiger partial charge in [0.05, 0.1) is 20.8 Å². The lowest BCUT2D eigenvalue weighted by atomic mass is 10.1. The number of aromatic nitrogens is 1. The van der Waals surface area contributed by atoms with E-state index < -0.39 is 12.1 Å². The maximum absolute atomic E-state index is 11.9. The van der Waals surface area contributed by atoms with Crippen molar-refractivity contribution in [1.29, 1.82) is 0 Å². The molecule has 3 N–H and O–H groups in total. The average Bonchev–Trinajstić information content (AvgIpc) is 3.04. The Labute approximate surface area is 139 Å². The van der Waals surface area contributed by atoms with Crippen LogP contribution in [0.25, 0.3) is 11.3 Å². The fraction of sp³-hybridized carbons (Fsp3) is 0.250. The maximum atomic E-state index is 11.9. The fourth-order valence-corrected chi connectivity index (χ4v) is 2.03. The van der Waals surface area contributed by atoms with Gasteiger partial charge in [0, 0.05) is 5.69 Å². The van der Waals surface area contributed by atoms with Crippen molar-refractivity contribution < 1.29 is 23.8 Å². The van der Waals surface area contributed by atoms with Gasteiger partial charge in [-0.15, -0.1) is 0 Å². The molecule has 0 atom stereocenters. The van der Waals surface area contributed by atoms with Crippen LogP contribution in [0.5, 0.6) is 5.75 Å². The van der Waals surface area contributed by atoms with Crippen molar-refractivity contribution in [1.82, 2.24) is 10.4 Å². The van der Waals surface area contributed by atoms with Crippen LogP contribution in [0.1, 0.15) is 17.3 Å². The quantitative estimate of drug-likeness (QED) is 0.555. The van der Waals surface area contributed by atoms with Crippen LogP contribution in [0.4, 0.5) is 10.6 Å². The summed E-state index contributed by atoms with van der Waals surface area (Å²) in [4.78, 5) is 26.3. The van der Waals surface area contributed by atoms with Gasteiger partial charge < -0.3 is 19.2 Å². The number of benzene rings is 1. The molecular formula is C16H19N3O5. The Balaban J connectivity index is 2.26. The van der Waals surface area contributed by atoms with Crippen molar-refractivity contribution >= 4 is 17.9 Å². The van der Waals surface area contributed by atoms with Crippen LogP contribution in [0.3, 0.4) is 0 Å². The minimum absolute atomic E-state index is 0.235. The number of carbonyl (C=O) groups is 2. The molecule has 2 aromatic rings. The van der Waals surface area contributed by atoms with Gasteiger partial charge in [-0.3, -0.25) is 5.43 Å². The van der Waals surface area contributed by atoms with E-state index in [0.29, 0.717) is 11.5 Å². The van der Waals surface area contributed by atoms with E-state index in [4.69, 9.17) is 14.2 Å². The molecule has 0 aliphatic carbocycles. The highest BCUT2D eigenvalue weighted by Crippen LogP contribution is 2.27. The summed E-state index contributed by atoms with van der Waals surface area (Å²) in [7, 11) is 2.87. The van der Waals surface area contributed by atoms with Crippen molar-refractivity contribution in [3.05, 3.63) is 35.9 Å². The van der Waals surface area contributed by atoms with Gasteiger partial charge in [0.2, 0.25) is 0 Å². The Morgan fingerprint density at radius 3 is 2.46 bits per heavy atom.